The Morgan fingerprint density at radius 3 is 2.56 bits per heavy atom. The van der Waals surface area contributed by atoms with Gasteiger partial charge in [0.05, 0.1) is 24.8 Å². The Kier molecular flexibility index (Phi) is 5.83. The first-order valence-corrected chi connectivity index (χ1v) is 9.29. The molecule has 4 nitrogen and oxygen atoms in total. The van der Waals surface area contributed by atoms with Gasteiger partial charge in [-0.25, -0.2) is 4.39 Å². The molecule has 2 aromatic rings. The molecule has 2 heterocycles. The van der Waals surface area contributed by atoms with Gasteiger partial charge >= 0.3 is 0 Å². The van der Waals surface area contributed by atoms with E-state index >= 15 is 0 Å². The number of nitrogens with one attached hydrogen (secondary N) is 1. The zero-order valence-electron chi connectivity index (χ0n) is 14.5. The molecule has 0 unspecified atom stereocenters. The van der Waals surface area contributed by atoms with Gasteiger partial charge in [0.15, 0.2) is 0 Å². The molecule has 1 fully saturated rings. The van der Waals surface area contributed by atoms with Crippen LogP contribution in [-0.2, 0) is 4.74 Å². The van der Waals surface area contributed by atoms with Crippen molar-refractivity contribution < 1.29 is 13.9 Å². The first-order chi connectivity index (χ1) is 12.0. The molecule has 0 bridgehead atoms. The quantitative estimate of drug-likeness (QED) is 0.887. The van der Waals surface area contributed by atoms with Crippen LogP contribution in [0.5, 0.6) is 0 Å². The first kappa shape index (κ1) is 18.0. The van der Waals surface area contributed by atoms with Crippen LogP contribution in [0.1, 0.15) is 31.7 Å². The van der Waals surface area contributed by atoms with Crippen molar-refractivity contribution in [2.45, 2.75) is 19.9 Å². The molecule has 0 radical (unpaired) electrons. The number of nitrogens with zero attached hydrogens (tertiary/aromatic N) is 1. The third-order valence-corrected chi connectivity index (χ3v) is 5.45. The number of halogens is 1. The molecule has 1 aromatic carbocycles. The Morgan fingerprint density at radius 1 is 1.28 bits per heavy atom. The van der Waals surface area contributed by atoms with Crippen LogP contribution in [0.2, 0.25) is 0 Å². The van der Waals surface area contributed by atoms with Crippen LogP contribution >= 0.6 is 11.3 Å². The molecule has 1 aliphatic heterocycles. The van der Waals surface area contributed by atoms with Gasteiger partial charge in [-0.2, -0.15) is 0 Å². The van der Waals surface area contributed by atoms with Gasteiger partial charge in [-0.3, -0.25) is 9.69 Å². The van der Waals surface area contributed by atoms with Crippen molar-refractivity contribution in [2.75, 3.05) is 32.8 Å². The molecule has 0 spiro atoms. The predicted octanol–water partition coefficient (Wildman–Crippen LogP) is 3.31. The summed E-state index contributed by atoms with van der Waals surface area (Å²) >= 11 is 1.63. The number of hydrogen-bond acceptors (Lipinski definition) is 4. The molecule has 1 amide bonds. The second-order valence-electron chi connectivity index (χ2n) is 6.25. The van der Waals surface area contributed by atoms with Gasteiger partial charge in [0.1, 0.15) is 5.82 Å². The maximum Gasteiger partial charge on any atom is 0.252 e. The maximum absolute atomic E-state index is 13.3. The summed E-state index contributed by atoms with van der Waals surface area (Å²) in [4.78, 5) is 17.0. The van der Waals surface area contributed by atoms with Gasteiger partial charge in [0.2, 0.25) is 0 Å². The zero-order valence-corrected chi connectivity index (χ0v) is 15.4. The van der Waals surface area contributed by atoms with Crippen LogP contribution in [0.25, 0.3) is 0 Å². The third-order valence-electron chi connectivity index (χ3n) is 4.48. The fraction of sp³-hybridized carbons (Fsp3) is 0.421. The van der Waals surface area contributed by atoms with E-state index in [0.717, 1.165) is 34.0 Å². The van der Waals surface area contributed by atoms with Crippen molar-refractivity contribution in [3.05, 3.63) is 57.0 Å². The van der Waals surface area contributed by atoms with E-state index < -0.39 is 0 Å². The van der Waals surface area contributed by atoms with Crippen LogP contribution in [0, 0.1) is 19.7 Å². The Morgan fingerprint density at radius 2 is 1.96 bits per heavy atom. The lowest BCUT2D eigenvalue weighted by molar-refractivity contribution is 0.0162. The van der Waals surface area contributed by atoms with E-state index in [1.807, 2.05) is 19.9 Å². The molecular weight excluding hydrogens is 339 g/mol. The summed E-state index contributed by atoms with van der Waals surface area (Å²) in [5, 5.41) is 3.06. The van der Waals surface area contributed by atoms with Crippen LogP contribution in [-0.4, -0.2) is 43.7 Å². The molecule has 3 rings (SSSR count). The van der Waals surface area contributed by atoms with Crippen LogP contribution in [0.4, 0.5) is 4.39 Å². The smallest absolute Gasteiger partial charge is 0.252 e. The van der Waals surface area contributed by atoms with Crippen LogP contribution < -0.4 is 5.32 Å². The number of carbonyl (C=O) groups excluding carboxylic acids is 1. The molecule has 1 N–H and O–H groups in total. The molecule has 1 aliphatic rings. The largest absolute Gasteiger partial charge is 0.379 e. The molecular formula is C19H23FN2O2S. The van der Waals surface area contributed by atoms with Crippen molar-refractivity contribution >= 4 is 17.2 Å². The SMILES string of the molecule is Cc1cc(C(=O)NC[C@H](c2ccc(F)cc2)N2CCOCC2)c(C)s1. The van der Waals surface area contributed by atoms with Crippen molar-refractivity contribution in [3.8, 4) is 0 Å². The number of carbonyl (C=O) groups is 1. The van der Waals surface area contributed by atoms with Crippen molar-refractivity contribution in [1.82, 2.24) is 10.2 Å². The number of thiophene rings is 1. The Hall–Kier alpha value is -1.76. The molecule has 1 saturated heterocycles. The standard InChI is InChI=1S/C19H23FN2O2S/c1-13-11-17(14(2)25-13)19(23)21-12-18(22-7-9-24-10-8-22)15-3-5-16(20)6-4-15/h3-6,11,18H,7-10,12H2,1-2H3,(H,21,23)/t18-/m1/s1. The van der Waals surface area contributed by atoms with Crippen molar-refractivity contribution in [2.24, 2.45) is 0 Å². The Balaban J connectivity index is 1.74. The summed E-state index contributed by atoms with van der Waals surface area (Å²) in [6.07, 6.45) is 0. The molecule has 1 atom stereocenters. The summed E-state index contributed by atoms with van der Waals surface area (Å²) in [7, 11) is 0. The lowest BCUT2D eigenvalue weighted by Crippen LogP contribution is -2.43. The fourth-order valence-electron chi connectivity index (χ4n) is 3.17. The molecule has 134 valence electrons. The monoisotopic (exact) mass is 362 g/mol. The number of morpholine rings is 1. The molecule has 0 aliphatic carbocycles. The number of ether oxygens (including phenoxy) is 1. The Bertz CT molecular complexity index is 724. The number of hydrogen-bond donors (Lipinski definition) is 1. The highest BCUT2D eigenvalue weighted by molar-refractivity contribution is 7.12. The van der Waals surface area contributed by atoms with Crippen molar-refractivity contribution in [1.29, 1.82) is 0 Å². The van der Waals surface area contributed by atoms with E-state index in [9.17, 15) is 9.18 Å². The highest BCUT2D eigenvalue weighted by Crippen LogP contribution is 2.23. The number of aryl methyl sites for hydroxylation is 2. The highest BCUT2D eigenvalue weighted by atomic mass is 32.1. The lowest BCUT2D eigenvalue weighted by atomic mass is 10.0. The average Bonchev–Trinajstić information content (AvgIpc) is 2.96. The number of rotatable bonds is 5. The highest BCUT2D eigenvalue weighted by Gasteiger charge is 2.24. The van der Waals surface area contributed by atoms with E-state index in [4.69, 9.17) is 4.74 Å². The summed E-state index contributed by atoms with van der Waals surface area (Å²) in [5.41, 5.74) is 1.74. The minimum Gasteiger partial charge on any atom is -0.379 e. The van der Waals surface area contributed by atoms with Gasteiger partial charge in [-0.15, -0.1) is 11.3 Å². The van der Waals surface area contributed by atoms with Gasteiger partial charge in [-0.05, 0) is 37.6 Å². The summed E-state index contributed by atoms with van der Waals surface area (Å²) in [6, 6.07) is 8.46. The average molecular weight is 362 g/mol. The summed E-state index contributed by atoms with van der Waals surface area (Å²) in [5.74, 6) is -0.305. The van der Waals surface area contributed by atoms with Gasteiger partial charge in [0.25, 0.3) is 5.91 Å². The molecule has 6 heteroatoms. The zero-order chi connectivity index (χ0) is 17.8. The van der Waals surface area contributed by atoms with E-state index in [0.29, 0.717) is 19.8 Å². The molecule has 1 aromatic heterocycles. The normalized spacial score (nSPS) is 16.6. The topological polar surface area (TPSA) is 41.6 Å². The summed E-state index contributed by atoms with van der Waals surface area (Å²) < 4.78 is 18.7. The minimum atomic E-state index is -0.252. The fourth-order valence-corrected chi connectivity index (χ4v) is 4.09. The van der Waals surface area contributed by atoms with E-state index in [1.54, 1.807) is 23.5 Å². The summed E-state index contributed by atoms with van der Waals surface area (Å²) in [6.45, 7) is 7.40. The lowest BCUT2D eigenvalue weighted by Gasteiger charge is -2.35. The van der Waals surface area contributed by atoms with E-state index in [1.165, 1.54) is 12.1 Å². The second kappa shape index (κ2) is 8.08. The molecule has 0 saturated carbocycles. The number of amides is 1. The van der Waals surface area contributed by atoms with E-state index in [2.05, 4.69) is 10.2 Å². The Labute approximate surface area is 151 Å². The van der Waals surface area contributed by atoms with Crippen molar-refractivity contribution in [3.63, 3.8) is 0 Å². The number of benzene rings is 1. The van der Waals surface area contributed by atoms with Gasteiger partial charge < -0.3 is 10.1 Å². The predicted molar refractivity (Wildman–Crippen MR) is 97.7 cm³/mol. The third kappa shape index (κ3) is 4.45. The second-order valence-corrected chi connectivity index (χ2v) is 7.71. The van der Waals surface area contributed by atoms with Crippen LogP contribution in [0.15, 0.2) is 30.3 Å². The van der Waals surface area contributed by atoms with Crippen LogP contribution in [0.3, 0.4) is 0 Å². The van der Waals surface area contributed by atoms with E-state index in [-0.39, 0.29) is 17.8 Å². The van der Waals surface area contributed by atoms with Gasteiger partial charge in [-0.1, -0.05) is 12.1 Å². The molecule has 25 heavy (non-hydrogen) atoms. The maximum atomic E-state index is 13.3. The first-order valence-electron chi connectivity index (χ1n) is 8.47. The minimum absolute atomic E-state index is 0.00786. The van der Waals surface area contributed by atoms with Gasteiger partial charge in [0, 0.05) is 29.4 Å².